The fourth-order valence-electron chi connectivity index (χ4n) is 1.12. The first kappa shape index (κ1) is 11.8. The van der Waals surface area contributed by atoms with Crippen molar-refractivity contribution < 1.29 is 9.53 Å². The molecule has 1 aromatic heterocycles. The minimum absolute atomic E-state index is 0.431. The number of para-hydroxylation sites is 1. The van der Waals surface area contributed by atoms with Crippen molar-refractivity contribution in [1.82, 2.24) is 3.59 Å². The van der Waals surface area contributed by atoms with E-state index in [1.54, 1.807) is 6.92 Å². The molecule has 0 saturated heterocycles. The molecule has 15 heavy (non-hydrogen) atoms. The van der Waals surface area contributed by atoms with Gasteiger partial charge in [0.05, 0.1) is 28.3 Å². The number of halogens is 1. The molecule has 0 atom stereocenters. The predicted molar refractivity (Wildman–Crippen MR) is 64.0 cm³/mol. The summed E-state index contributed by atoms with van der Waals surface area (Å²) in [5.74, 6) is 0. The smallest absolute Gasteiger partial charge is 0.293 e. The van der Waals surface area contributed by atoms with E-state index in [1.165, 1.54) is 10.9 Å². The van der Waals surface area contributed by atoms with E-state index in [4.69, 9.17) is 0 Å². The Kier molecular flexibility index (Phi) is 4.90. The molecule has 0 N–H and O–H groups in total. The third kappa shape index (κ3) is 3.40. The zero-order chi connectivity index (χ0) is 11.1. The lowest BCUT2D eigenvalue weighted by molar-refractivity contribution is -0.128. The van der Waals surface area contributed by atoms with Gasteiger partial charge >= 0.3 is 0 Å². The molecule has 4 heteroatoms. The first-order valence-corrected chi connectivity index (χ1v) is 5.28. The van der Waals surface area contributed by atoms with Crippen molar-refractivity contribution in [3.05, 3.63) is 36.5 Å². The lowest BCUT2D eigenvalue weighted by Crippen LogP contribution is -1.80. The van der Waals surface area contributed by atoms with Crippen LogP contribution in [0.25, 0.3) is 10.9 Å². The highest BCUT2D eigenvalue weighted by Gasteiger charge is 1.93. The van der Waals surface area contributed by atoms with Gasteiger partial charge in [0.25, 0.3) is 6.47 Å². The third-order valence-corrected chi connectivity index (χ3v) is 2.41. The van der Waals surface area contributed by atoms with Gasteiger partial charge in [0.1, 0.15) is 0 Å². The molecule has 80 valence electrons. The molecule has 3 nitrogen and oxygen atoms in total. The fraction of sp³-hybridized carbons (Fsp3) is 0.182. The summed E-state index contributed by atoms with van der Waals surface area (Å²) in [6.07, 6.45) is 1.99. The van der Waals surface area contributed by atoms with E-state index in [-0.39, 0.29) is 0 Å². The van der Waals surface area contributed by atoms with Gasteiger partial charge < -0.3 is 4.74 Å². The Labute approximate surface area is 97.0 Å². The van der Waals surface area contributed by atoms with Crippen molar-refractivity contribution in [2.75, 3.05) is 6.61 Å². The van der Waals surface area contributed by atoms with E-state index in [9.17, 15) is 4.79 Å². The van der Waals surface area contributed by atoms with Crippen molar-refractivity contribution in [2.45, 2.75) is 6.92 Å². The van der Waals surface area contributed by atoms with Gasteiger partial charge in [0, 0.05) is 11.6 Å². The minimum atomic E-state index is 0.431. The summed E-state index contributed by atoms with van der Waals surface area (Å²) in [6, 6.07) is 10.3. The van der Waals surface area contributed by atoms with Crippen molar-refractivity contribution in [1.29, 1.82) is 0 Å². The molecule has 0 radical (unpaired) electrons. The topological polar surface area (TPSA) is 31.2 Å². The molecular formula is C11H12BrNO2. The number of benzene rings is 1. The maximum atomic E-state index is 9.18. The molecular weight excluding hydrogens is 258 g/mol. The average Bonchev–Trinajstić information content (AvgIpc) is 2.64. The Morgan fingerprint density at radius 2 is 2.13 bits per heavy atom. The van der Waals surface area contributed by atoms with Gasteiger partial charge in [-0.15, -0.1) is 0 Å². The normalized spacial score (nSPS) is 9.20. The second-order valence-electron chi connectivity index (χ2n) is 2.74. The SMILES string of the molecule is Brn1ccc2ccccc21.CCOC=O. The van der Waals surface area contributed by atoms with Crippen LogP contribution in [0.2, 0.25) is 0 Å². The molecule has 1 aromatic carbocycles. The summed E-state index contributed by atoms with van der Waals surface area (Å²) in [6.45, 7) is 2.66. The summed E-state index contributed by atoms with van der Waals surface area (Å²) in [5.41, 5.74) is 1.21. The van der Waals surface area contributed by atoms with Crippen molar-refractivity contribution in [3.8, 4) is 0 Å². The maximum absolute atomic E-state index is 9.18. The standard InChI is InChI=1S/C8H6BrN.C3H6O2/c9-10-6-5-7-3-1-2-4-8(7)10;1-2-5-3-4/h1-6H;3H,2H2,1H3. The Bertz CT molecular complexity index is 425. The van der Waals surface area contributed by atoms with Crippen molar-refractivity contribution >= 4 is 33.5 Å². The van der Waals surface area contributed by atoms with E-state index >= 15 is 0 Å². The van der Waals surface area contributed by atoms with Crippen molar-refractivity contribution in [2.24, 2.45) is 0 Å². The minimum Gasteiger partial charge on any atom is -0.468 e. The van der Waals surface area contributed by atoms with E-state index in [1.807, 2.05) is 21.9 Å². The lowest BCUT2D eigenvalue weighted by atomic mass is 10.3. The molecule has 0 aliphatic rings. The van der Waals surface area contributed by atoms with Gasteiger partial charge in [-0.3, -0.25) is 8.39 Å². The Balaban J connectivity index is 0.000000195. The van der Waals surface area contributed by atoms with Crippen LogP contribution in [-0.4, -0.2) is 16.7 Å². The second kappa shape index (κ2) is 6.24. The van der Waals surface area contributed by atoms with Crippen LogP contribution in [-0.2, 0) is 9.53 Å². The largest absolute Gasteiger partial charge is 0.468 e. The van der Waals surface area contributed by atoms with Crippen LogP contribution < -0.4 is 0 Å². The monoisotopic (exact) mass is 269 g/mol. The highest BCUT2D eigenvalue weighted by Crippen LogP contribution is 2.16. The number of nitrogens with zero attached hydrogens (tertiary/aromatic N) is 1. The summed E-state index contributed by atoms with van der Waals surface area (Å²) in [7, 11) is 0. The van der Waals surface area contributed by atoms with E-state index in [0.29, 0.717) is 13.1 Å². The van der Waals surface area contributed by atoms with Gasteiger partial charge in [-0.2, -0.15) is 0 Å². The molecule has 2 rings (SSSR count). The fourth-order valence-corrected chi connectivity index (χ4v) is 1.56. The van der Waals surface area contributed by atoms with E-state index in [2.05, 4.69) is 39.1 Å². The van der Waals surface area contributed by atoms with Crippen molar-refractivity contribution in [3.63, 3.8) is 0 Å². The number of hydrogen-bond acceptors (Lipinski definition) is 2. The summed E-state index contributed by atoms with van der Waals surface area (Å²) in [4.78, 5) is 9.18. The number of carbonyl (C=O) groups excluding carboxylic acids is 1. The first-order chi connectivity index (χ1) is 7.29. The van der Waals surface area contributed by atoms with E-state index < -0.39 is 0 Å². The van der Waals surface area contributed by atoms with E-state index in [0.717, 1.165) is 0 Å². The number of ether oxygens (including phenoxy) is 1. The number of fused-ring (bicyclic) bond motifs is 1. The second-order valence-corrected chi connectivity index (χ2v) is 3.50. The van der Waals surface area contributed by atoms with Crippen LogP contribution in [0.5, 0.6) is 0 Å². The Morgan fingerprint density at radius 3 is 2.67 bits per heavy atom. The van der Waals surface area contributed by atoms with Crippen LogP contribution in [0, 0.1) is 0 Å². The summed E-state index contributed by atoms with van der Waals surface area (Å²) >= 11 is 3.38. The zero-order valence-corrected chi connectivity index (χ0v) is 9.98. The maximum Gasteiger partial charge on any atom is 0.293 e. The van der Waals surface area contributed by atoms with Crippen LogP contribution in [0.3, 0.4) is 0 Å². The summed E-state index contributed by atoms with van der Waals surface area (Å²) < 4.78 is 6.09. The quantitative estimate of drug-likeness (QED) is 0.785. The molecule has 0 spiro atoms. The highest BCUT2D eigenvalue weighted by molar-refractivity contribution is 9.08. The van der Waals surface area contributed by atoms with Crippen LogP contribution in [0.1, 0.15) is 6.92 Å². The molecule has 2 aromatic rings. The first-order valence-electron chi connectivity index (χ1n) is 4.57. The van der Waals surface area contributed by atoms with Crippen LogP contribution in [0.15, 0.2) is 36.5 Å². The molecule has 0 unspecified atom stereocenters. The Morgan fingerprint density at radius 1 is 1.40 bits per heavy atom. The molecule has 0 aliphatic heterocycles. The summed E-state index contributed by atoms with van der Waals surface area (Å²) in [5, 5.41) is 1.26. The van der Waals surface area contributed by atoms with Gasteiger partial charge in [-0.25, -0.2) is 0 Å². The van der Waals surface area contributed by atoms with Gasteiger partial charge in [0.2, 0.25) is 0 Å². The predicted octanol–water partition coefficient (Wildman–Crippen LogP) is 2.98. The molecule has 0 saturated carbocycles. The number of aromatic nitrogens is 1. The molecule has 0 amide bonds. The van der Waals surface area contributed by atoms with Gasteiger partial charge in [0.15, 0.2) is 0 Å². The van der Waals surface area contributed by atoms with Gasteiger partial charge in [-0.05, 0) is 19.1 Å². The lowest BCUT2D eigenvalue weighted by Gasteiger charge is -1.89. The van der Waals surface area contributed by atoms with Crippen LogP contribution >= 0.6 is 16.1 Å². The molecule has 0 fully saturated rings. The van der Waals surface area contributed by atoms with Gasteiger partial charge in [-0.1, -0.05) is 18.2 Å². The number of carbonyl (C=O) groups is 1. The Hall–Kier alpha value is -1.29. The molecule has 1 heterocycles. The third-order valence-electron chi connectivity index (χ3n) is 1.79. The van der Waals surface area contributed by atoms with Crippen LogP contribution in [0.4, 0.5) is 0 Å². The highest BCUT2D eigenvalue weighted by atomic mass is 79.9. The molecule has 0 bridgehead atoms. The number of rotatable bonds is 2. The average molecular weight is 270 g/mol. The number of hydrogen-bond donors (Lipinski definition) is 0. The molecule has 0 aliphatic carbocycles. The zero-order valence-electron chi connectivity index (χ0n) is 8.39.